The van der Waals surface area contributed by atoms with Crippen LogP contribution in [0.1, 0.15) is 49.3 Å². The molecule has 4 amide bonds. The highest BCUT2D eigenvalue weighted by atomic mass is 16.7. The molecule has 3 aromatic carbocycles. The Morgan fingerprint density at radius 2 is 1.40 bits per heavy atom. The van der Waals surface area contributed by atoms with Gasteiger partial charge < -0.3 is 41.8 Å². The van der Waals surface area contributed by atoms with Crippen LogP contribution in [0.3, 0.4) is 0 Å². The molecule has 4 aromatic rings. The number of nitrogens with zero attached hydrogens (tertiary/aromatic N) is 2. The van der Waals surface area contributed by atoms with Crippen LogP contribution in [-0.2, 0) is 48.0 Å². The van der Waals surface area contributed by atoms with Crippen LogP contribution in [0.4, 0.5) is 0 Å². The van der Waals surface area contributed by atoms with Gasteiger partial charge in [-0.2, -0.15) is 0 Å². The Balaban J connectivity index is 1.61. The molecule has 9 N–H and O–H groups in total. The number of aliphatic imine (C=N–C) groups is 1. The number of aromatic nitrogens is 1. The van der Waals surface area contributed by atoms with Gasteiger partial charge in [0.1, 0.15) is 29.9 Å². The number of fused-ring (bicyclic) bond motifs is 1. The molecule has 0 spiro atoms. The summed E-state index contributed by atoms with van der Waals surface area (Å²) in [4.78, 5) is 85.8. The average Bonchev–Trinajstić information content (AvgIpc) is 3.61. The maximum atomic E-state index is 14.2. The summed E-state index contributed by atoms with van der Waals surface area (Å²) in [6, 6.07) is 17.6. The van der Waals surface area contributed by atoms with Gasteiger partial charge in [0.15, 0.2) is 5.03 Å². The quantitative estimate of drug-likeness (QED) is 0.0150. The molecule has 0 radical (unpaired) electrons. The highest BCUT2D eigenvalue weighted by molar-refractivity contribution is 5.95. The number of carbonyl (C=O) groups excluding carboxylic acids is 5. The second-order valence-electron chi connectivity index (χ2n) is 13.5. The number of para-hydroxylation sites is 1. The summed E-state index contributed by atoms with van der Waals surface area (Å²) < 4.78 is 5.02. The van der Waals surface area contributed by atoms with Gasteiger partial charge in [-0.1, -0.05) is 73.0 Å². The number of aromatic hydroxyl groups is 1. The summed E-state index contributed by atoms with van der Waals surface area (Å²) in [5.41, 5.74) is 10.2. The number of guanidine groups is 1. The largest absolute Gasteiger partial charge is 0.508 e. The lowest BCUT2D eigenvalue weighted by Gasteiger charge is -2.26. The van der Waals surface area contributed by atoms with E-state index in [0.29, 0.717) is 17.5 Å². The van der Waals surface area contributed by atoms with Crippen LogP contribution in [0.2, 0.25) is 0 Å². The minimum Gasteiger partial charge on any atom is -0.508 e. The predicted octanol–water partition coefficient (Wildman–Crippen LogP) is 1.69. The van der Waals surface area contributed by atoms with Gasteiger partial charge in [-0.05, 0) is 54.2 Å². The van der Waals surface area contributed by atoms with Crippen LogP contribution < -0.4 is 32.4 Å². The highest BCUT2D eigenvalue weighted by Gasteiger charge is 2.32. The van der Waals surface area contributed by atoms with E-state index in [-0.39, 0.29) is 56.7 Å². The molecule has 0 unspecified atom stereocenters. The molecule has 58 heavy (non-hydrogen) atoms. The molecule has 0 aliphatic heterocycles. The second kappa shape index (κ2) is 21.9. The van der Waals surface area contributed by atoms with Crippen molar-refractivity contribution in [3.05, 3.63) is 112 Å². The SMILES string of the molecule is CCCC(=O)N[C@@H](Cc1ccc(O)cc1)C(=O)N[C@H](Cc1ccccc1)C(=O)N[C@@H](CCCN=C(N)N[N+](=O)[O-])C(=O)N[C@@H](Cc1c[nH]c2ccccc12)C(=O)OC. The van der Waals surface area contributed by atoms with Crippen molar-refractivity contribution in [3.63, 3.8) is 0 Å². The van der Waals surface area contributed by atoms with Crippen molar-refractivity contribution in [1.29, 1.82) is 0 Å². The van der Waals surface area contributed by atoms with E-state index in [1.807, 2.05) is 31.2 Å². The van der Waals surface area contributed by atoms with Crippen LogP contribution in [0, 0.1) is 10.1 Å². The molecule has 308 valence electrons. The van der Waals surface area contributed by atoms with Gasteiger partial charge >= 0.3 is 5.97 Å². The zero-order valence-electron chi connectivity index (χ0n) is 32.2. The number of hydrogen-bond acceptors (Lipinski definition) is 10. The zero-order valence-corrected chi connectivity index (χ0v) is 32.2. The Morgan fingerprint density at radius 1 is 0.810 bits per heavy atom. The van der Waals surface area contributed by atoms with Crippen LogP contribution in [0.5, 0.6) is 5.75 Å². The fraction of sp³-hybridized carbons (Fsp3) is 0.350. The number of hydrogen-bond donors (Lipinski definition) is 8. The Hall–Kier alpha value is -6.98. The third-order valence-electron chi connectivity index (χ3n) is 9.09. The number of aromatic amines is 1. The van der Waals surface area contributed by atoms with Crippen LogP contribution in [0.25, 0.3) is 10.9 Å². The molecule has 0 bridgehead atoms. The summed E-state index contributed by atoms with van der Waals surface area (Å²) in [6.45, 7) is 1.75. The van der Waals surface area contributed by atoms with E-state index in [2.05, 4.69) is 31.2 Å². The Kier molecular flexibility index (Phi) is 16.5. The highest BCUT2D eigenvalue weighted by Crippen LogP contribution is 2.20. The van der Waals surface area contributed by atoms with Gasteiger partial charge in [0.05, 0.1) is 7.11 Å². The van der Waals surface area contributed by atoms with Gasteiger partial charge in [-0.15, -0.1) is 0 Å². The van der Waals surface area contributed by atoms with E-state index < -0.39 is 58.9 Å². The molecule has 18 heteroatoms. The first-order valence-electron chi connectivity index (χ1n) is 18.7. The molecule has 0 saturated heterocycles. The third kappa shape index (κ3) is 13.6. The number of H-pyrrole nitrogens is 1. The van der Waals surface area contributed by atoms with E-state index in [4.69, 9.17) is 10.5 Å². The Bertz CT molecular complexity index is 2060. The normalized spacial score (nSPS) is 13.3. The number of rotatable bonds is 21. The lowest BCUT2D eigenvalue weighted by molar-refractivity contribution is -0.525. The van der Waals surface area contributed by atoms with Gasteiger partial charge in [0, 0.05) is 49.3 Å². The Morgan fingerprint density at radius 3 is 2.05 bits per heavy atom. The molecule has 18 nitrogen and oxygen atoms in total. The maximum absolute atomic E-state index is 14.2. The third-order valence-corrected chi connectivity index (χ3v) is 9.09. The minimum atomic E-state index is -1.30. The number of carbonyl (C=O) groups is 5. The van der Waals surface area contributed by atoms with E-state index in [0.717, 1.165) is 16.5 Å². The van der Waals surface area contributed by atoms with Crippen molar-refractivity contribution in [2.45, 2.75) is 76.0 Å². The number of methoxy groups -OCH3 is 1. The number of benzene rings is 3. The molecule has 1 heterocycles. The van der Waals surface area contributed by atoms with Crippen LogP contribution in [-0.4, -0.2) is 88.5 Å². The lowest BCUT2D eigenvalue weighted by Crippen LogP contribution is -2.58. The fourth-order valence-electron chi connectivity index (χ4n) is 6.20. The number of phenolic OH excluding ortho intramolecular Hbond substituents is 1. The zero-order chi connectivity index (χ0) is 42.0. The number of amides is 4. The number of nitrogens with one attached hydrogen (secondary N) is 6. The number of nitro groups is 1. The molecular weight excluding hydrogens is 750 g/mol. The number of phenols is 1. The fourth-order valence-corrected chi connectivity index (χ4v) is 6.20. The molecular formula is C40H49N9O9. The van der Waals surface area contributed by atoms with Crippen molar-refractivity contribution in [1.82, 2.24) is 31.7 Å². The number of nitrogens with two attached hydrogens (primary N) is 1. The lowest BCUT2D eigenvalue weighted by atomic mass is 10.0. The van der Waals surface area contributed by atoms with Crippen molar-refractivity contribution < 1.29 is 38.8 Å². The summed E-state index contributed by atoms with van der Waals surface area (Å²) in [5.74, 6) is -3.69. The monoisotopic (exact) mass is 799 g/mol. The van der Waals surface area contributed by atoms with Crippen molar-refractivity contribution in [3.8, 4) is 5.75 Å². The van der Waals surface area contributed by atoms with Crippen LogP contribution >= 0.6 is 0 Å². The van der Waals surface area contributed by atoms with Gasteiger partial charge in [0.25, 0.3) is 5.96 Å². The van der Waals surface area contributed by atoms with Gasteiger partial charge in [-0.25, -0.2) is 19.9 Å². The van der Waals surface area contributed by atoms with E-state index in [9.17, 15) is 39.2 Å². The van der Waals surface area contributed by atoms with Gasteiger partial charge in [0.2, 0.25) is 23.6 Å². The molecule has 0 saturated carbocycles. The van der Waals surface area contributed by atoms with Crippen molar-refractivity contribution >= 4 is 46.5 Å². The summed E-state index contributed by atoms with van der Waals surface area (Å²) in [5, 5.41) is 31.4. The molecule has 4 atom stereocenters. The predicted molar refractivity (Wildman–Crippen MR) is 214 cm³/mol. The Labute approximate surface area is 334 Å². The molecule has 0 aliphatic carbocycles. The summed E-state index contributed by atoms with van der Waals surface area (Å²) in [6.07, 6.45) is 2.57. The van der Waals surface area contributed by atoms with E-state index >= 15 is 0 Å². The smallest absolute Gasteiger partial charge is 0.328 e. The second-order valence-corrected chi connectivity index (χ2v) is 13.5. The standard InChI is InChI=1S/C40H49N9O9/c1-3-10-35(51)44-32(22-26-16-18-28(50)19-17-26)37(53)46-33(21-25-11-5-4-6-12-25)38(54)45-31(15-9-20-42-40(41)48-49(56)57)36(52)47-34(39(55)58-2)23-27-24-43-30-14-8-7-13-29(27)30/h4-8,11-14,16-19,24,31-34,43,50H,3,9-10,15,20-23H2,1-2H3,(H,44,51)(H,45,54)(H,46,53)(H,47,52)(H3,41,42,48)/t31-,32-,33+,34-/m0/s1. The maximum Gasteiger partial charge on any atom is 0.328 e. The van der Waals surface area contributed by atoms with Crippen molar-refractivity contribution in [2.24, 2.45) is 10.7 Å². The molecule has 1 aromatic heterocycles. The first-order valence-corrected chi connectivity index (χ1v) is 18.7. The number of hydrazine groups is 1. The minimum absolute atomic E-state index is 0.000322. The first-order chi connectivity index (χ1) is 27.9. The van der Waals surface area contributed by atoms with E-state index in [1.165, 1.54) is 19.2 Å². The number of ether oxygens (including phenoxy) is 1. The molecule has 4 rings (SSSR count). The van der Waals surface area contributed by atoms with Crippen molar-refractivity contribution in [2.75, 3.05) is 13.7 Å². The van der Waals surface area contributed by atoms with Gasteiger partial charge in [-0.3, -0.25) is 19.2 Å². The number of esters is 1. The van der Waals surface area contributed by atoms with Crippen LogP contribution in [0.15, 0.2) is 90.1 Å². The topological polar surface area (TPSA) is 272 Å². The van der Waals surface area contributed by atoms with E-state index in [1.54, 1.807) is 54.1 Å². The molecule has 0 fully saturated rings. The first kappa shape index (κ1) is 43.7. The summed E-state index contributed by atoms with van der Waals surface area (Å²) in [7, 11) is 1.19. The summed E-state index contributed by atoms with van der Waals surface area (Å²) >= 11 is 0. The average molecular weight is 800 g/mol. The molecule has 0 aliphatic rings.